The van der Waals surface area contributed by atoms with Crippen LogP contribution >= 0.6 is 27.7 Å². The second-order valence-electron chi connectivity index (χ2n) is 5.37. The normalized spacial score (nSPS) is 14.0. The van der Waals surface area contributed by atoms with Gasteiger partial charge in [-0.05, 0) is 43.0 Å². The van der Waals surface area contributed by atoms with Gasteiger partial charge in [0.15, 0.2) is 0 Å². The molecule has 0 aliphatic carbocycles. The fraction of sp³-hybridized carbons (Fsp3) is 0.632. The van der Waals surface area contributed by atoms with Crippen molar-refractivity contribution in [2.24, 2.45) is 5.92 Å². The average molecular weight is 417 g/mol. The topological polar surface area (TPSA) is 23.6 Å². The number of halogens is 1. The van der Waals surface area contributed by atoms with Gasteiger partial charge in [0.2, 0.25) is 0 Å². The Kier molecular flexibility index (Phi) is 13.2. The molecule has 138 valence electrons. The first-order chi connectivity index (χ1) is 11.6. The van der Waals surface area contributed by atoms with Crippen LogP contribution in [0.4, 0.5) is 4.79 Å². The highest BCUT2D eigenvalue weighted by atomic mass is 79.9. The summed E-state index contributed by atoms with van der Waals surface area (Å²) in [7, 11) is 3.63. The van der Waals surface area contributed by atoms with Crippen LogP contribution in [0.2, 0.25) is 0 Å². The highest BCUT2D eigenvalue weighted by Gasteiger charge is 2.23. The Morgan fingerprint density at radius 3 is 2.08 bits per heavy atom. The number of amides is 2. The van der Waals surface area contributed by atoms with Crippen LogP contribution in [0.15, 0.2) is 33.6 Å². The molecule has 1 aromatic carbocycles. The highest BCUT2D eigenvalue weighted by molar-refractivity contribution is 9.10. The number of thioether (sulfide) groups is 1. The van der Waals surface area contributed by atoms with E-state index < -0.39 is 0 Å². The molecule has 0 spiro atoms. The number of hydrogen-bond acceptors (Lipinski definition) is 2. The van der Waals surface area contributed by atoms with E-state index in [0.29, 0.717) is 0 Å². The number of nitrogens with zero attached hydrogens (tertiary/aromatic N) is 2. The van der Waals surface area contributed by atoms with Gasteiger partial charge in [-0.15, -0.1) is 11.8 Å². The molecule has 0 unspecified atom stereocenters. The van der Waals surface area contributed by atoms with Crippen LogP contribution in [0.25, 0.3) is 0 Å². The van der Waals surface area contributed by atoms with Crippen molar-refractivity contribution in [3.05, 3.63) is 28.7 Å². The monoisotopic (exact) mass is 416 g/mol. The third kappa shape index (κ3) is 8.43. The smallest absolute Gasteiger partial charge is 0.319 e. The zero-order valence-corrected chi connectivity index (χ0v) is 18.4. The van der Waals surface area contributed by atoms with Crippen LogP contribution in [0, 0.1) is 5.92 Å². The lowest BCUT2D eigenvalue weighted by molar-refractivity contribution is 0.151. The number of hydrogen-bond donors (Lipinski definition) is 0. The third-order valence-corrected chi connectivity index (χ3v) is 5.34. The zero-order chi connectivity index (χ0) is 18.5. The van der Waals surface area contributed by atoms with E-state index >= 15 is 0 Å². The van der Waals surface area contributed by atoms with Gasteiger partial charge in [-0.25, -0.2) is 4.79 Å². The summed E-state index contributed by atoms with van der Waals surface area (Å²) in [6.45, 7) is 9.78. The van der Waals surface area contributed by atoms with Gasteiger partial charge < -0.3 is 9.80 Å². The molecule has 1 fully saturated rings. The number of urea groups is 1. The van der Waals surface area contributed by atoms with Crippen molar-refractivity contribution in [1.29, 1.82) is 0 Å². The first-order valence-electron chi connectivity index (χ1n) is 8.91. The maximum Gasteiger partial charge on any atom is 0.319 e. The predicted octanol–water partition coefficient (Wildman–Crippen LogP) is 5.99. The molecule has 0 atom stereocenters. The molecule has 0 bridgehead atoms. The van der Waals surface area contributed by atoms with Crippen molar-refractivity contribution in [2.45, 2.75) is 45.4 Å². The molecule has 1 aromatic rings. The van der Waals surface area contributed by atoms with Crippen LogP contribution in [0.1, 0.15) is 40.5 Å². The minimum atomic E-state index is 0.143. The van der Waals surface area contributed by atoms with Crippen molar-refractivity contribution in [3.63, 3.8) is 0 Å². The molecule has 1 saturated heterocycles. The van der Waals surface area contributed by atoms with E-state index in [2.05, 4.69) is 40.2 Å². The minimum absolute atomic E-state index is 0.143. The SMILES string of the molecule is CC.CC.CN(C)C(=O)N1CCC(CSc2ccc(Br)cc2)CC1. The largest absolute Gasteiger partial charge is 0.331 e. The number of carbonyl (C=O) groups excluding carboxylic acids is 1. The predicted molar refractivity (Wildman–Crippen MR) is 111 cm³/mol. The standard InChI is InChI=1S/C15H21BrN2OS.2C2H6/c1-17(2)15(19)18-9-7-12(8-10-18)11-20-14-5-3-13(16)4-6-14;2*1-2/h3-6,12H,7-11H2,1-2H3;2*1-2H3. The van der Waals surface area contributed by atoms with Gasteiger partial charge in [0, 0.05) is 42.3 Å². The molecule has 0 saturated carbocycles. The van der Waals surface area contributed by atoms with E-state index in [1.807, 2.05) is 58.5 Å². The fourth-order valence-electron chi connectivity index (χ4n) is 2.32. The fourth-order valence-corrected chi connectivity index (χ4v) is 3.67. The summed E-state index contributed by atoms with van der Waals surface area (Å²) < 4.78 is 1.12. The zero-order valence-electron chi connectivity index (χ0n) is 16.0. The Labute approximate surface area is 161 Å². The Balaban J connectivity index is 0.00000123. The number of likely N-dealkylation sites (tertiary alicyclic amines) is 1. The van der Waals surface area contributed by atoms with Gasteiger partial charge in [0.05, 0.1) is 0 Å². The van der Waals surface area contributed by atoms with Crippen LogP contribution in [-0.4, -0.2) is 48.8 Å². The lowest BCUT2D eigenvalue weighted by Gasteiger charge is -2.33. The van der Waals surface area contributed by atoms with E-state index in [0.717, 1.165) is 42.1 Å². The first kappa shape index (κ1) is 23.3. The summed E-state index contributed by atoms with van der Waals surface area (Å²) in [5.41, 5.74) is 0. The van der Waals surface area contributed by atoms with Crippen LogP contribution in [-0.2, 0) is 0 Å². The molecule has 2 amide bonds. The molecule has 1 heterocycles. The number of rotatable bonds is 3. The van der Waals surface area contributed by atoms with Gasteiger partial charge in [-0.3, -0.25) is 0 Å². The van der Waals surface area contributed by atoms with Gasteiger partial charge in [0.25, 0.3) is 0 Å². The number of carbonyl (C=O) groups is 1. The van der Waals surface area contributed by atoms with Gasteiger partial charge in [0.1, 0.15) is 0 Å². The van der Waals surface area contributed by atoms with E-state index in [1.54, 1.807) is 4.90 Å². The molecule has 2 rings (SSSR count). The number of benzene rings is 1. The molecule has 0 radical (unpaired) electrons. The summed E-state index contributed by atoms with van der Waals surface area (Å²) in [5, 5.41) is 0. The van der Waals surface area contributed by atoms with Crippen molar-refractivity contribution in [2.75, 3.05) is 32.9 Å². The molecular formula is C19H33BrN2OS. The molecule has 0 N–H and O–H groups in total. The molecular weight excluding hydrogens is 384 g/mol. The second kappa shape index (κ2) is 13.6. The van der Waals surface area contributed by atoms with Gasteiger partial charge >= 0.3 is 6.03 Å². The maximum absolute atomic E-state index is 11.9. The summed E-state index contributed by atoms with van der Waals surface area (Å²) in [4.78, 5) is 16.8. The lowest BCUT2D eigenvalue weighted by Crippen LogP contribution is -2.44. The van der Waals surface area contributed by atoms with Crippen molar-refractivity contribution < 1.29 is 4.79 Å². The molecule has 5 heteroatoms. The molecule has 0 aromatic heterocycles. The van der Waals surface area contributed by atoms with Crippen molar-refractivity contribution in [1.82, 2.24) is 9.80 Å². The van der Waals surface area contributed by atoms with Crippen molar-refractivity contribution >= 4 is 33.7 Å². The van der Waals surface area contributed by atoms with E-state index in [9.17, 15) is 4.79 Å². The number of piperidine rings is 1. The third-order valence-electron chi connectivity index (χ3n) is 3.57. The summed E-state index contributed by atoms with van der Waals surface area (Å²) in [5.74, 6) is 1.86. The maximum atomic E-state index is 11.9. The first-order valence-corrected chi connectivity index (χ1v) is 10.7. The van der Waals surface area contributed by atoms with Crippen LogP contribution in [0.3, 0.4) is 0 Å². The highest BCUT2D eigenvalue weighted by Crippen LogP contribution is 2.27. The summed E-state index contributed by atoms with van der Waals surface area (Å²) >= 11 is 5.37. The van der Waals surface area contributed by atoms with E-state index in [1.165, 1.54) is 4.90 Å². The average Bonchev–Trinajstić information content (AvgIpc) is 2.64. The summed E-state index contributed by atoms with van der Waals surface area (Å²) in [6, 6.07) is 8.62. The Morgan fingerprint density at radius 1 is 1.12 bits per heavy atom. The second-order valence-corrected chi connectivity index (χ2v) is 7.38. The van der Waals surface area contributed by atoms with E-state index in [-0.39, 0.29) is 6.03 Å². The molecule has 1 aliphatic rings. The van der Waals surface area contributed by atoms with Crippen LogP contribution < -0.4 is 0 Å². The van der Waals surface area contributed by atoms with Gasteiger partial charge in [-0.1, -0.05) is 43.6 Å². The quantitative estimate of drug-likeness (QED) is 0.564. The summed E-state index contributed by atoms with van der Waals surface area (Å²) in [6.07, 6.45) is 2.23. The molecule has 1 aliphatic heterocycles. The Morgan fingerprint density at radius 2 is 1.62 bits per heavy atom. The van der Waals surface area contributed by atoms with Gasteiger partial charge in [-0.2, -0.15) is 0 Å². The van der Waals surface area contributed by atoms with Crippen molar-refractivity contribution in [3.8, 4) is 0 Å². The Bertz CT molecular complexity index is 443. The minimum Gasteiger partial charge on any atom is -0.331 e. The molecule has 24 heavy (non-hydrogen) atoms. The van der Waals surface area contributed by atoms with Crippen LogP contribution in [0.5, 0.6) is 0 Å². The van der Waals surface area contributed by atoms with E-state index in [4.69, 9.17) is 0 Å². The Hall–Kier alpha value is -0.680. The lowest BCUT2D eigenvalue weighted by atomic mass is 9.99. The molecule has 3 nitrogen and oxygen atoms in total.